The first kappa shape index (κ1) is 10.9. The molecular formula is C10H14O2. The molecule has 0 aromatic rings. The maximum absolute atomic E-state index is 9.93. The van der Waals surface area contributed by atoms with Crippen molar-refractivity contribution in [2.45, 2.75) is 26.2 Å². The van der Waals surface area contributed by atoms with Gasteiger partial charge in [-0.25, -0.2) is 4.79 Å². The molecule has 1 unspecified atom stereocenters. The molecule has 0 aliphatic heterocycles. The third kappa shape index (κ3) is 5.63. The van der Waals surface area contributed by atoms with Gasteiger partial charge in [-0.3, -0.25) is 4.79 Å². The van der Waals surface area contributed by atoms with Gasteiger partial charge in [-0.05, 0) is 24.8 Å². The van der Waals surface area contributed by atoms with Crippen molar-refractivity contribution in [1.29, 1.82) is 0 Å². The lowest BCUT2D eigenvalue weighted by Crippen LogP contribution is -1.94. The maximum atomic E-state index is 9.93. The molecule has 0 saturated carbocycles. The molecule has 0 aromatic heterocycles. The molecule has 0 amide bonds. The zero-order chi connectivity index (χ0) is 9.23. The van der Waals surface area contributed by atoms with E-state index in [1.54, 1.807) is 5.94 Å². The second-order valence-corrected chi connectivity index (χ2v) is 2.63. The van der Waals surface area contributed by atoms with Crippen LogP contribution < -0.4 is 0 Å². The molecular weight excluding hydrogens is 152 g/mol. The van der Waals surface area contributed by atoms with Gasteiger partial charge < -0.3 is 0 Å². The van der Waals surface area contributed by atoms with Gasteiger partial charge in [-0.1, -0.05) is 19.4 Å². The predicted octanol–water partition coefficient (Wildman–Crippen LogP) is 1.94. The fourth-order valence-corrected chi connectivity index (χ4v) is 0.971. The lowest BCUT2D eigenvalue weighted by molar-refractivity contribution is -0.104. The Balaban J connectivity index is 3.73. The van der Waals surface area contributed by atoms with Gasteiger partial charge in [0.15, 0.2) is 0 Å². The normalized spacial score (nSPS) is 12.4. The number of aldehydes is 1. The topological polar surface area (TPSA) is 34.1 Å². The minimum absolute atomic E-state index is 0.461. The minimum Gasteiger partial charge on any atom is -0.299 e. The van der Waals surface area contributed by atoms with Crippen LogP contribution in [-0.4, -0.2) is 12.2 Å². The van der Waals surface area contributed by atoms with E-state index in [1.807, 2.05) is 6.08 Å². The Morgan fingerprint density at radius 3 is 2.67 bits per heavy atom. The van der Waals surface area contributed by atoms with Crippen molar-refractivity contribution < 1.29 is 9.59 Å². The molecule has 0 heterocycles. The molecule has 0 aliphatic carbocycles. The van der Waals surface area contributed by atoms with Gasteiger partial charge in [0.2, 0.25) is 0 Å². The van der Waals surface area contributed by atoms with Crippen molar-refractivity contribution >= 4 is 12.2 Å². The molecule has 0 fully saturated rings. The van der Waals surface area contributed by atoms with E-state index in [1.165, 1.54) is 12.2 Å². The van der Waals surface area contributed by atoms with E-state index < -0.39 is 0 Å². The van der Waals surface area contributed by atoms with E-state index in [2.05, 4.69) is 6.92 Å². The SMILES string of the molecule is CCC(CC=C=O)CC=CC=O. The Morgan fingerprint density at radius 1 is 1.42 bits per heavy atom. The summed E-state index contributed by atoms with van der Waals surface area (Å²) in [6.45, 7) is 2.07. The first-order chi connectivity index (χ1) is 5.85. The summed E-state index contributed by atoms with van der Waals surface area (Å²) in [6, 6.07) is 0. The molecule has 0 saturated heterocycles. The minimum atomic E-state index is 0.461. The molecule has 0 aromatic carbocycles. The standard InChI is InChI=1S/C10H14O2/c1-2-10(7-5-9-12)6-3-4-8-11/h3-5,8,10H,2,6-7H2,1H3. The van der Waals surface area contributed by atoms with Gasteiger partial charge in [0.25, 0.3) is 0 Å². The molecule has 0 radical (unpaired) electrons. The van der Waals surface area contributed by atoms with Gasteiger partial charge in [0, 0.05) is 6.08 Å². The summed E-state index contributed by atoms with van der Waals surface area (Å²) in [5.74, 6) is 2.22. The van der Waals surface area contributed by atoms with Crippen LogP contribution >= 0.6 is 0 Å². The Labute approximate surface area is 73.0 Å². The molecule has 0 rings (SSSR count). The Hall–Kier alpha value is -1.14. The smallest absolute Gasteiger partial charge is 0.142 e. The summed E-state index contributed by atoms with van der Waals surface area (Å²) in [7, 11) is 0. The third-order valence-electron chi connectivity index (χ3n) is 1.80. The van der Waals surface area contributed by atoms with Gasteiger partial charge in [-0.15, -0.1) is 0 Å². The van der Waals surface area contributed by atoms with Crippen molar-refractivity contribution in [1.82, 2.24) is 0 Å². The number of rotatable bonds is 6. The third-order valence-corrected chi connectivity index (χ3v) is 1.80. The van der Waals surface area contributed by atoms with Gasteiger partial charge >= 0.3 is 0 Å². The summed E-state index contributed by atoms with van der Waals surface area (Å²) >= 11 is 0. The average Bonchev–Trinajstić information content (AvgIpc) is 2.11. The average molecular weight is 166 g/mol. The predicted molar refractivity (Wildman–Crippen MR) is 48.5 cm³/mol. The largest absolute Gasteiger partial charge is 0.299 e. The zero-order valence-corrected chi connectivity index (χ0v) is 7.32. The first-order valence-corrected chi connectivity index (χ1v) is 4.14. The van der Waals surface area contributed by atoms with Crippen molar-refractivity contribution in [3.63, 3.8) is 0 Å². The fourth-order valence-electron chi connectivity index (χ4n) is 0.971. The van der Waals surface area contributed by atoms with Crippen LogP contribution in [0.1, 0.15) is 26.2 Å². The van der Waals surface area contributed by atoms with Crippen molar-refractivity contribution in [2.75, 3.05) is 0 Å². The number of carbonyl (C=O) groups is 1. The number of carbonyl (C=O) groups excluding carboxylic acids is 2. The lowest BCUT2D eigenvalue weighted by atomic mass is 9.98. The van der Waals surface area contributed by atoms with E-state index >= 15 is 0 Å². The molecule has 0 spiro atoms. The number of hydrogen-bond donors (Lipinski definition) is 0. The van der Waals surface area contributed by atoms with E-state index in [4.69, 9.17) is 0 Å². The Bertz CT molecular complexity index is 188. The summed E-state index contributed by atoms with van der Waals surface area (Å²) in [4.78, 5) is 19.8. The number of allylic oxidation sites excluding steroid dienone is 3. The summed E-state index contributed by atoms with van der Waals surface area (Å²) in [5.41, 5.74) is 0. The lowest BCUT2D eigenvalue weighted by Gasteiger charge is -2.06. The second kappa shape index (κ2) is 7.96. The molecule has 2 nitrogen and oxygen atoms in total. The summed E-state index contributed by atoms with van der Waals surface area (Å²) < 4.78 is 0. The van der Waals surface area contributed by atoms with Crippen LogP contribution in [0.3, 0.4) is 0 Å². The van der Waals surface area contributed by atoms with Crippen LogP contribution in [0.2, 0.25) is 0 Å². The molecule has 1 atom stereocenters. The van der Waals surface area contributed by atoms with Crippen LogP contribution in [-0.2, 0) is 9.59 Å². The summed E-state index contributed by atoms with van der Waals surface area (Å²) in [6.07, 6.45) is 8.22. The summed E-state index contributed by atoms with van der Waals surface area (Å²) in [5, 5.41) is 0. The van der Waals surface area contributed by atoms with Crippen molar-refractivity contribution in [3.05, 3.63) is 18.2 Å². The molecule has 0 aliphatic rings. The molecule has 12 heavy (non-hydrogen) atoms. The highest BCUT2D eigenvalue weighted by Gasteiger charge is 2.00. The van der Waals surface area contributed by atoms with Crippen molar-refractivity contribution in [2.24, 2.45) is 5.92 Å². The molecule has 66 valence electrons. The van der Waals surface area contributed by atoms with Crippen LogP contribution in [0.4, 0.5) is 0 Å². The number of hydrogen-bond acceptors (Lipinski definition) is 2. The second-order valence-electron chi connectivity index (χ2n) is 2.63. The Morgan fingerprint density at radius 2 is 2.17 bits per heavy atom. The van der Waals surface area contributed by atoms with E-state index in [-0.39, 0.29) is 0 Å². The highest BCUT2D eigenvalue weighted by atomic mass is 16.1. The quantitative estimate of drug-likeness (QED) is 0.343. The van der Waals surface area contributed by atoms with Crippen LogP contribution in [0, 0.1) is 5.92 Å². The van der Waals surface area contributed by atoms with Crippen LogP contribution in [0.15, 0.2) is 18.2 Å². The van der Waals surface area contributed by atoms with E-state index in [0.29, 0.717) is 5.92 Å². The molecule has 2 heteroatoms. The van der Waals surface area contributed by atoms with Gasteiger partial charge in [-0.2, -0.15) is 0 Å². The van der Waals surface area contributed by atoms with Crippen molar-refractivity contribution in [3.8, 4) is 0 Å². The maximum Gasteiger partial charge on any atom is 0.142 e. The monoisotopic (exact) mass is 166 g/mol. The van der Waals surface area contributed by atoms with Crippen LogP contribution in [0.5, 0.6) is 0 Å². The zero-order valence-electron chi connectivity index (χ0n) is 7.32. The highest BCUT2D eigenvalue weighted by Crippen LogP contribution is 2.13. The van der Waals surface area contributed by atoms with Crippen LogP contribution in [0.25, 0.3) is 0 Å². The highest BCUT2D eigenvalue weighted by molar-refractivity contribution is 5.64. The van der Waals surface area contributed by atoms with Gasteiger partial charge in [0.1, 0.15) is 12.2 Å². The fraction of sp³-hybridized carbons (Fsp3) is 0.500. The Kier molecular flexibility index (Phi) is 7.21. The molecule has 0 N–H and O–H groups in total. The van der Waals surface area contributed by atoms with Gasteiger partial charge in [0.05, 0.1) is 0 Å². The first-order valence-electron chi connectivity index (χ1n) is 4.14. The van der Waals surface area contributed by atoms with E-state index in [0.717, 1.165) is 25.5 Å². The molecule has 0 bridgehead atoms. The van der Waals surface area contributed by atoms with E-state index in [9.17, 15) is 9.59 Å².